The lowest BCUT2D eigenvalue weighted by atomic mass is 9.95. The molecule has 0 spiro atoms. The summed E-state index contributed by atoms with van der Waals surface area (Å²) in [7, 11) is 5.10. The summed E-state index contributed by atoms with van der Waals surface area (Å²) >= 11 is 0. The first-order valence-corrected chi connectivity index (χ1v) is 16.8. The summed E-state index contributed by atoms with van der Waals surface area (Å²) in [5, 5.41) is 8.98. The lowest BCUT2D eigenvalue weighted by Gasteiger charge is -2.36. The maximum atomic E-state index is 14.3. The number of anilines is 3. The number of piperidine rings is 2. The first-order chi connectivity index (χ1) is 24.5. The molecule has 6 rings (SSSR count). The van der Waals surface area contributed by atoms with Gasteiger partial charge in [-0.1, -0.05) is 6.07 Å². The molecule has 270 valence electrons. The number of nitrogens with one attached hydrogen (secondary N) is 3. The van der Waals surface area contributed by atoms with Crippen LogP contribution in [0.1, 0.15) is 31.2 Å². The van der Waals surface area contributed by atoms with E-state index >= 15 is 0 Å². The smallest absolute Gasteiger partial charge is 0.418 e. The summed E-state index contributed by atoms with van der Waals surface area (Å²) in [5.74, 6) is 1.94. The number of aromatic nitrogens is 1. The molecule has 1 aromatic heterocycles. The number of rotatable bonds is 9. The number of nitrogens with zero attached hydrogens (tertiary/aromatic N) is 3. The quantitative estimate of drug-likeness (QED) is 0.168. The fourth-order valence-electron chi connectivity index (χ4n) is 6.57. The van der Waals surface area contributed by atoms with Gasteiger partial charge in [-0.25, -0.2) is 4.79 Å². The van der Waals surface area contributed by atoms with Crippen molar-refractivity contribution in [2.24, 2.45) is 5.92 Å². The zero-order valence-corrected chi connectivity index (χ0v) is 28.7. The Hall–Kier alpha value is -5.24. The van der Waals surface area contributed by atoms with Gasteiger partial charge in [-0.2, -0.15) is 13.2 Å². The molecular formula is C37H41F3N6O5. The summed E-state index contributed by atoms with van der Waals surface area (Å²) in [6.07, 6.45) is -0.347. The van der Waals surface area contributed by atoms with E-state index < -0.39 is 17.8 Å². The van der Waals surface area contributed by atoms with Crippen LogP contribution in [0.3, 0.4) is 0 Å². The highest BCUT2D eigenvalue weighted by Crippen LogP contribution is 2.40. The van der Waals surface area contributed by atoms with E-state index in [1.54, 1.807) is 53.6 Å². The van der Waals surface area contributed by atoms with Gasteiger partial charge in [0.15, 0.2) is 11.5 Å². The number of pyridine rings is 1. The molecule has 14 heteroatoms. The van der Waals surface area contributed by atoms with Crippen molar-refractivity contribution in [1.82, 2.24) is 15.2 Å². The van der Waals surface area contributed by atoms with Gasteiger partial charge in [-0.3, -0.25) is 9.78 Å². The molecule has 2 fully saturated rings. The van der Waals surface area contributed by atoms with Crippen LogP contribution in [-0.2, 0) is 11.0 Å². The largest absolute Gasteiger partial charge is 0.493 e. The lowest BCUT2D eigenvalue weighted by Crippen LogP contribution is -2.48. The second kappa shape index (κ2) is 15.3. The predicted octanol–water partition coefficient (Wildman–Crippen LogP) is 7.13. The Bertz CT molecular complexity index is 1870. The van der Waals surface area contributed by atoms with E-state index in [2.05, 4.69) is 25.8 Å². The predicted molar refractivity (Wildman–Crippen MR) is 189 cm³/mol. The van der Waals surface area contributed by atoms with E-state index in [1.807, 2.05) is 7.05 Å². The molecule has 0 aliphatic carbocycles. The number of fused-ring (bicyclic) bond motifs is 1. The molecule has 3 heterocycles. The number of carbonyl (C=O) groups excluding carboxylic acids is 2. The van der Waals surface area contributed by atoms with Crippen molar-refractivity contribution in [3.63, 3.8) is 0 Å². The third kappa shape index (κ3) is 8.56. The number of urea groups is 1. The van der Waals surface area contributed by atoms with Crippen molar-refractivity contribution in [3.05, 3.63) is 72.4 Å². The minimum Gasteiger partial charge on any atom is -0.493 e. The third-order valence-corrected chi connectivity index (χ3v) is 9.36. The Labute approximate surface area is 294 Å². The molecule has 0 bridgehead atoms. The van der Waals surface area contributed by atoms with E-state index in [0.717, 1.165) is 32.0 Å². The van der Waals surface area contributed by atoms with Crippen molar-refractivity contribution in [2.45, 2.75) is 37.9 Å². The summed E-state index contributed by atoms with van der Waals surface area (Å²) in [6.45, 7) is 2.49. The standard InChI is InChI=1S/C37H41F3N6O5/c1-45-15-10-23(11-16-45)35(47)42-24-12-17-46(18-13-24)31-8-7-26(20-29(31)37(38,39)40)44-36(48)43-25-5-4-6-27(19-25)51-32-9-14-41-30-22-34(50-3)33(49-2)21-28(30)32/h4-9,14,19-24H,10-13,15-18H2,1-3H3,(H,42,47)(H2,43,44,48). The van der Waals surface area contributed by atoms with E-state index in [-0.39, 0.29) is 29.2 Å². The molecule has 51 heavy (non-hydrogen) atoms. The Morgan fingerprint density at radius 3 is 2.20 bits per heavy atom. The maximum absolute atomic E-state index is 14.3. The number of carbonyl (C=O) groups is 2. The Balaban J connectivity index is 1.08. The van der Waals surface area contributed by atoms with Gasteiger partial charge in [0.2, 0.25) is 5.91 Å². The zero-order chi connectivity index (χ0) is 36.1. The van der Waals surface area contributed by atoms with Crippen molar-refractivity contribution >= 4 is 39.9 Å². The summed E-state index contributed by atoms with van der Waals surface area (Å²) in [6, 6.07) is 14.8. The number of halogens is 3. The van der Waals surface area contributed by atoms with Crippen LogP contribution in [0.15, 0.2) is 66.9 Å². The number of likely N-dealkylation sites (tertiary alicyclic amines) is 1. The molecule has 0 unspecified atom stereocenters. The van der Waals surface area contributed by atoms with Crippen molar-refractivity contribution in [3.8, 4) is 23.0 Å². The van der Waals surface area contributed by atoms with Crippen LogP contribution in [0.25, 0.3) is 10.9 Å². The summed E-state index contributed by atoms with van der Waals surface area (Å²) < 4.78 is 59.8. The fraction of sp³-hybridized carbons (Fsp3) is 0.378. The Morgan fingerprint density at radius 2 is 1.51 bits per heavy atom. The minimum atomic E-state index is -4.65. The van der Waals surface area contributed by atoms with E-state index in [9.17, 15) is 22.8 Å². The number of ether oxygens (including phenoxy) is 3. The molecule has 4 aromatic rings. The van der Waals surface area contributed by atoms with Gasteiger partial charge >= 0.3 is 12.2 Å². The minimum absolute atomic E-state index is 0.0103. The van der Waals surface area contributed by atoms with Gasteiger partial charge in [0.1, 0.15) is 11.5 Å². The van der Waals surface area contributed by atoms with Crippen molar-refractivity contribution in [1.29, 1.82) is 0 Å². The second-order valence-electron chi connectivity index (χ2n) is 12.8. The molecule has 3 aromatic carbocycles. The number of amides is 3. The third-order valence-electron chi connectivity index (χ3n) is 9.36. The molecule has 2 aliphatic heterocycles. The average Bonchev–Trinajstić information content (AvgIpc) is 3.11. The zero-order valence-electron chi connectivity index (χ0n) is 28.7. The Kier molecular flexibility index (Phi) is 10.7. The van der Waals surface area contributed by atoms with Gasteiger partial charge in [-0.15, -0.1) is 0 Å². The maximum Gasteiger partial charge on any atom is 0.418 e. The molecule has 2 aliphatic rings. The highest BCUT2D eigenvalue weighted by Gasteiger charge is 2.36. The number of methoxy groups -OCH3 is 2. The molecule has 2 saturated heterocycles. The average molecular weight is 707 g/mol. The van der Waals surface area contributed by atoms with Crippen LogP contribution >= 0.6 is 0 Å². The number of hydrogen-bond acceptors (Lipinski definition) is 8. The topological polar surface area (TPSA) is 117 Å². The molecule has 11 nitrogen and oxygen atoms in total. The summed E-state index contributed by atoms with van der Waals surface area (Å²) in [4.78, 5) is 34.0. The van der Waals surface area contributed by atoms with Gasteiger partial charge in [0.05, 0.1) is 25.3 Å². The van der Waals surface area contributed by atoms with E-state index in [0.29, 0.717) is 65.5 Å². The molecule has 0 radical (unpaired) electrons. The van der Waals surface area contributed by atoms with E-state index in [4.69, 9.17) is 14.2 Å². The van der Waals surface area contributed by atoms with Crippen LogP contribution in [0.5, 0.6) is 23.0 Å². The second-order valence-corrected chi connectivity index (χ2v) is 12.8. The SMILES string of the molecule is COc1cc2nccc(Oc3cccc(NC(=O)Nc4ccc(N5CCC(NC(=O)C6CCN(C)CC6)CC5)c(C(F)(F)F)c4)c3)c2cc1OC. The van der Waals surface area contributed by atoms with Gasteiger partial charge in [0, 0.05) is 65.8 Å². The first kappa shape index (κ1) is 35.6. The molecule has 3 N–H and O–H groups in total. The Morgan fingerprint density at radius 1 is 0.824 bits per heavy atom. The molecule has 0 atom stereocenters. The highest BCUT2D eigenvalue weighted by atomic mass is 19.4. The van der Waals surface area contributed by atoms with E-state index in [1.165, 1.54) is 26.4 Å². The molecule has 0 saturated carbocycles. The first-order valence-electron chi connectivity index (χ1n) is 16.8. The van der Waals surface area contributed by atoms with Crippen molar-refractivity contribution < 1.29 is 37.0 Å². The van der Waals surface area contributed by atoms with Crippen LogP contribution < -0.4 is 35.1 Å². The van der Waals surface area contributed by atoms with Crippen LogP contribution in [-0.4, -0.2) is 75.3 Å². The van der Waals surface area contributed by atoms with Gasteiger partial charge in [0.25, 0.3) is 0 Å². The normalized spacial score (nSPS) is 16.1. The van der Waals surface area contributed by atoms with Crippen LogP contribution in [0.4, 0.5) is 35.0 Å². The highest BCUT2D eigenvalue weighted by molar-refractivity contribution is 6.00. The number of hydrogen-bond donors (Lipinski definition) is 3. The number of benzene rings is 3. The van der Waals surface area contributed by atoms with Gasteiger partial charge < -0.3 is 40.0 Å². The fourth-order valence-corrected chi connectivity index (χ4v) is 6.57. The molecule has 3 amide bonds. The van der Waals surface area contributed by atoms with Crippen LogP contribution in [0.2, 0.25) is 0 Å². The van der Waals surface area contributed by atoms with Gasteiger partial charge in [-0.05, 0) is 88.3 Å². The lowest BCUT2D eigenvalue weighted by molar-refractivity contribution is -0.137. The van der Waals surface area contributed by atoms with Crippen molar-refractivity contribution in [2.75, 3.05) is 63.0 Å². The molecular weight excluding hydrogens is 665 g/mol. The van der Waals surface area contributed by atoms with Crippen LogP contribution in [0, 0.1) is 5.92 Å². The number of alkyl halides is 3. The summed E-state index contributed by atoms with van der Waals surface area (Å²) in [5.41, 5.74) is 0.172. The monoisotopic (exact) mass is 706 g/mol.